The Kier molecular flexibility index (Phi) is 5.10. The van der Waals surface area contributed by atoms with Gasteiger partial charge in [0.15, 0.2) is 0 Å². The lowest BCUT2D eigenvalue weighted by molar-refractivity contribution is 0.182. The lowest BCUT2D eigenvalue weighted by atomic mass is 10.1. The third kappa shape index (κ3) is 4.02. The number of aliphatic hydroxyl groups excluding tert-OH is 1. The number of aliphatic hydroxyl groups is 1. The molecule has 1 aromatic carbocycles. The standard InChI is InChI=1S/C17H25N5O3/c1-11-3-4-12(7-15(11)22-6-5-18-17(22)25)20-16(24)19-9-13-8-14(23)10-21(13)2/h3-4,7,13-14,23H,5-6,8-10H2,1-2H3,(H,18,25)(H2,19,20,24). The molecule has 3 rings (SSSR count). The molecule has 2 saturated heterocycles. The highest BCUT2D eigenvalue weighted by Crippen LogP contribution is 2.25. The van der Waals surface area contributed by atoms with E-state index in [1.54, 1.807) is 4.90 Å². The van der Waals surface area contributed by atoms with Gasteiger partial charge in [-0.15, -0.1) is 0 Å². The summed E-state index contributed by atoms with van der Waals surface area (Å²) >= 11 is 0. The van der Waals surface area contributed by atoms with Crippen molar-refractivity contribution in [2.24, 2.45) is 0 Å². The number of hydrogen-bond acceptors (Lipinski definition) is 4. The van der Waals surface area contributed by atoms with E-state index in [9.17, 15) is 14.7 Å². The van der Waals surface area contributed by atoms with Gasteiger partial charge < -0.3 is 21.1 Å². The largest absolute Gasteiger partial charge is 0.392 e. The molecule has 2 atom stereocenters. The average molecular weight is 347 g/mol. The lowest BCUT2D eigenvalue weighted by Gasteiger charge is -2.20. The number of likely N-dealkylation sites (N-methyl/N-ethyl adjacent to an activating group) is 1. The summed E-state index contributed by atoms with van der Waals surface area (Å²) in [6.45, 7) is 4.29. The van der Waals surface area contributed by atoms with Crippen LogP contribution < -0.4 is 20.9 Å². The molecule has 0 radical (unpaired) electrons. The second-order valence-electron chi connectivity index (χ2n) is 6.70. The van der Waals surface area contributed by atoms with Gasteiger partial charge in [-0.25, -0.2) is 9.59 Å². The molecule has 8 heteroatoms. The number of urea groups is 2. The molecule has 136 valence electrons. The van der Waals surface area contributed by atoms with Crippen molar-refractivity contribution in [1.29, 1.82) is 0 Å². The van der Waals surface area contributed by atoms with Crippen LogP contribution in [0.2, 0.25) is 0 Å². The van der Waals surface area contributed by atoms with Crippen molar-refractivity contribution in [2.75, 3.05) is 43.4 Å². The first-order chi connectivity index (χ1) is 11.9. The first kappa shape index (κ1) is 17.5. The maximum atomic E-state index is 12.1. The van der Waals surface area contributed by atoms with Gasteiger partial charge >= 0.3 is 12.1 Å². The quantitative estimate of drug-likeness (QED) is 0.645. The molecule has 0 spiro atoms. The van der Waals surface area contributed by atoms with Crippen molar-refractivity contribution >= 4 is 23.4 Å². The van der Waals surface area contributed by atoms with Gasteiger partial charge in [-0.3, -0.25) is 9.80 Å². The Morgan fingerprint density at radius 2 is 2.24 bits per heavy atom. The molecule has 1 aromatic rings. The first-order valence-corrected chi connectivity index (χ1v) is 8.53. The number of amides is 4. The monoisotopic (exact) mass is 347 g/mol. The number of hydrogen-bond donors (Lipinski definition) is 4. The van der Waals surface area contributed by atoms with Crippen LogP contribution in [0.3, 0.4) is 0 Å². The molecule has 2 aliphatic rings. The molecule has 25 heavy (non-hydrogen) atoms. The number of aryl methyl sites for hydroxylation is 1. The van der Waals surface area contributed by atoms with Crippen molar-refractivity contribution in [2.45, 2.75) is 25.5 Å². The number of nitrogens with one attached hydrogen (secondary N) is 3. The summed E-state index contributed by atoms with van der Waals surface area (Å²) in [6.07, 6.45) is 0.335. The lowest BCUT2D eigenvalue weighted by Crippen LogP contribution is -2.40. The molecule has 2 fully saturated rings. The summed E-state index contributed by atoms with van der Waals surface area (Å²) in [6, 6.07) is 5.24. The van der Waals surface area contributed by atoms with Crippen molar-refractivity contribution in [3.8, 4) is 0 Å². The van der Waals surface area contributed by atoms with Gasteiger partial charge in [-0.05, 0) is 38.1 Å². The Bertz CT molecular complexity index is 666. The van der Waals surface area contributed by atoms with E-state index in [4.69, 9.17) is 0 Å². The van der Waals surface area contributed by atoms with Crippen LogP contribution in [0.4, 0.5) is 21.0 Å². The number of anilines is 2. The first-order valence-electron chi connectivity index (χ1n) is 8.53. The van der Waals surface area contributed by atoms with Gasteiger partial charge in [0.05, 0.1) is 11.8 Å². The fourth-order valence-corrected chi connectivity index (χ4v) is 3.35. The topological polar surface area (TPSA) is 96.9 Å². The van der Waals surface area contributed by atoms with E-state index in [0.717, 1.165) is 11.3 Å². The van der Waals surface area contributed by atoms with Crippen LogP contribution in [0.1, 0.15) is 12.0 Å². The number of carbonyl (C=O) groups is 2. The minimum atomic E-state index is -0.328. The van der Waals surface area contributed by atoms with Crippen LogP contribution in [0, 0.1) is 6.92 Å². The summed E-state index contributed by atoms with van der Waals surface area (Å²) in [5.74, 6) is 0. The summed E-state index contributed by atoms with van der Waals surface area (Å²) < 4.78 is 0. The van der Waals surface area contributed by atoms with E-state index in [1.165, 1.54) is 0 Å². The fourth-order valence-electron chi connectivity index (χ4n) is 3.35. The molecular weight excluding hydrogens is 322 g/mol. The van der Waals surface area contributed by atoms with Gasteiger partial charge in [0, 0.05) is 37.9 Å². The molecule has 4 amide bonds. The highest BCUT2D eigenvalue weighted by atomic mass is 16.3. The molecule has 4 N–H and O–H groups in total. The predicted octanol–water partition coefficient (Wildman–Crippen LogP) is 0.711. The fraction of sp³-hybridized carbons (Fsp3) is 0.529. The number of likely N-dealkylation sites (tertiary alicyclic amines) is 1. The smallest absolute Gasteiger partial charge is 0.322 e. The van der Waals surface area contributed by atoms with E-state index in [1.807, 2.05) is 37.1 Å². The van der Waals surface area contributed by atoms with Crippen molar-refractivity contribution < 1.29 is 14.7 Å². The van der Waals surface area contributed by atoms with Gasteiger partial charge in [-0.1, -0.05) is 6.07 Å². The maximum absolute atomic E-state index is 12.1. The second kappa shape index (κ2) is 7.28. The Morgan fingerprint density at radius 3 is 2.88 bits per heavy atom. The van der Waals surface area contributed by atoms with E-state index >= 15 is 0 Å². The summed E-state index contributed by atoms with van der Waals surface area (Å²) in [5.41, 5.74) is 2.41. The molecule has 0 saturated carbocycles. The highest BCUT2D eigenvalue weighted by Gasteiger charge is 2.28. The molecule has 2 unspecified atom stereocenters. The second-order valence-corrected chi connectivity index (χ2v) is 6.70. The predicted molar refractivity (Wildman–Crippen MR) is 96.0 cm³/mol. The SMILES string of the molecule is Cc1ccc(NC(=O)NCC2CC(O)CN2C)cc1N1CCNC1=O. The van der Waals surface area contributed by atoms with E-state index in [-0.39, 0.29) is 24.2 Å². The Labute approximate surface area is 147 Å². The van der Waals surface area contributed by atoms with Gasteiger partial charge in [0.1, 0.15) is 0 Å². The average Bonchev–Trinajstić information content (AvgIpc) is 3.12. The molecule has 0 bridgehead atoms. The van der Waals surface area contributed by atoms with Crippen LogP contribution in [0.25, 0.3) is 0 Å². The minimum absolute atomic E-state index is 0.118. The Morgan fingerprint density at radius 1 is 1.44 bits per heavy atom. The van der Waals surface area contributed by atoms with Crippen molar-refractivity contribution in [1.82, 2.24) is 15.5 Å². The van der Waals surface area contributed by atoms with Gasteiger partial charge in [0.2, 0.25) is 0 Å². The van der Waals surface area contributed by atoms with Crippen LogP contribution in [0.5, 0.6) is 0 Å². The van der Waals surface area contributed by atoms with Crippen LogP contribution in [0.15, 0.2) is 18.2 Å². The molecule has 0 aliphatic carbocycles. The molecular formula is C17H25N5O3. The summed E-state index contributed by atoms with van der Waals surface area (Å²) in [7, 11) is 1.94. The highest BCUT2D eigenvalue weighted by molar-refractivity contribution is 5.96. The number of β-amino-alcohol motifs (C(OH)–C–C–N with tert-alkyl or cyclic N) is 1. The van der Waals surface area contributed by atoms with Crippen LogP contribution in [-0.2, 0) is 0 Å². The van der Waals surface area contributed by atoms with Gasteiger partial charge in [0.25, 0.3) is 0 Å². The zero-order valence-corrected chi connectivity index (χ0v) is 14.6. The maximum Gasteiger partial charge on any atom is 0.322 e. The number of rotatable bonds is 4. The third-order valence-corrected chi connectivity index (χ3v) is 4.78. The van der Waals surface area contributed by atoms with Crippen molar-refractivity contribution in [3.05, 3.63) is 23.8 Å². The Balaban J connectivity index is 1.59. The van der Waals surface area contributed by atoms with Crippen molar-refractivity contribution in [3.63, 3.8) is 0 Å². The van der Waals surface area contributed by atoms with Crippen LogP contribution in [-0.4, -0.2) is 67.4 Å². The van der Waals surface area contributed by atoms with E-state index in [2.05, 4.69) is 16.0 Å². The number of benzene rings is 1. The van der Waals surface area contributed by atoms with E-state index in [0.29, 0.717) is 38.3 Å². The molecule has 8 nitrogen and oxygen atoms in total. The summed E-state index contributed by atoms with van der Waals surface area (Å²) in [4.78, 5) is 27.7. The molecule has 0 aromatic heterocycles. The molecule has 2 aliphatic heterocycles. The van der Waals surface area contributed by atoms with Gasteiger partial charge in [-0.2, -0.15) is 0 Å². The Hall–Kier alpha value is -2.32. The normalized spacial score (nSPS) is 23.6. The van der Waals surface area contributed by atoms with Crippen LogP contribution >= 0.6 is 0 Å². The zero-order chi connectivity index (χ0) is 18.0. The van der Waals surface area contributed by atoms with E-state index < -0.39 is 0 Å². The number of nitrogens with zero attached hydrogens (tertiary/aromatic N) is 2. The minimum Gasteiger partial charge on any atom is -0.392 e. The number of carbonyl (C=O) groups excluding carboxylic acids is 2. The third-order valence-electron chi connectivity index (χ3n) is 4.78. The molecule has 2 heterocycles. The summed E-state index contributed by atoms with van der Waals surface area (Å²) in [5, 5.41) is 18.1. The zero-order valence-electron chi connectivity index (χ0n) is 14.6.